The van der Waals surface area contributed by atoms with Crippen molar-refractivity contribution in [1.82, 2.24) is 0 Å². The third-order valence-electron chi connectivity index (χ3n) is 2.64. The number of carboxylic acids is 1. The van der Waals surface area contributed by atoms with E-state index in [0.29, 0.717) is 18.6 Å². The van der Waals surface area contributed by atoms with Crippen LogP contribution in [0.3, 0.4) is 0 Å². The summed E-state index contributed by atoms with van der Waals surface area (Å²) in [6.07, 6.45) is 13.8. The fourth-order valence-electron chi connectivity index (χ4n) is 1.61. The van der Waals surface area contributed by atoms with Gasteiger partial charge in [0, 0.05) is 6.42 Å². The monoisotopic (exact) mass is 326 g/mol. The second-order valence-electron chi connectivity index (χ2n) is 5.19. The minimum atomic E-state index is -0.711. The molecule has 1 aliphatic rings. The summed E-state index contributed by atoms with van der Waals surface area (Å²) in [7, 11) is 0. The molecule has 1 fully saturated rings. The Hall–Kier alpha value is -1.35. The van der Waals surface area contributed by atoms with Crippen LogP contribution in [0.4, 0.5) is 0 Å². The second-order valence-corrected chi connectivity index (χ2v) is 5.19. The third-order valence-corrected chi connectivity index (χ3v) is 2.64. The standard InChI is InChI=1S/C10H18O.C4H8O2.2C3H6/c1-3-5-6-8-10-9(11-10)7-4-2;1-2-3-4(5)6;2*1-3-2/h4,9-10H,2-3,5-8H2,1H3;2-3H2,1H3,(H,5,6);2*3H,1H2,2H3/t9-,10+;;;/m0.../s1. The Morgan fingerprint density at radius 3 is 1.87 bits per heavy atom. The summed E-state index contributed by atoms with van der Waals surface area (Å²) in [5, 5.41) is 7.91. The van der Waals surface area contributed by atoms with E-state index in [4.69, 9.17) is 9.84 Å². The number of carbonyl (C=O) groups is 1. The van der Waals surface area contributed by atoms with Gasteiger partial charge in [0.15, 0.2) is 0 Å². The summed E-state index contributed by atoms with van der Waals surface area (Å²) in [5.74, 6) is -0.711. The molecule has 1 heterocycles. The van der Waals surface area contributed by atoms with Crippen molar-refractivity contribution in [2.45, 2.75) is 84.8 Å². The van der Waals surface area contributed by atoms with Crippen molar-refractivity contribution in [3.8, 4) is 0 Å². The number of aliphatic carboxylic acids is 1. The number of carboxylic acid groups (broad SMARTS) is 1. The van der Waals surface area contributed by atoms with E-state index in [1.54, 1.807) is 12.2 Å². The number of hydrogen-bond acceptors (Lipinski definition) is 2. The molecule has 1 N–H and O–H groups in total. The number of unbranched alkanes of at least 4 members (excludes halogenated alkanes) is 2. The first-order valence-electron chi connectivity index (χ1n) is 8.60. The zero-order chi connectivity index (χ0) is 18.5. The summed E-state index contributed by atoms with van der Waals surface area (Å²) in [6, 6.07) is 0. The van der Waals surface area contributed by atoms with Gasteiger partial charge in [0.25, 0.3) is 0 Å². The maximum atomic E-state index is 9.60. The molecule has 0 amide bonds. The number of ether oxygens (including phenoxy) is 1. The molecule has 1 rings (SSSR count). The fraction of sp³-hybridized carbons (Fsp3) is 0.650. The van der Waals surface area contributed by atoms with Crippen LogP contribution >= 0.6 is 0 Å². The van der Waals surface area contributed by atoms with Crippen LogP contribution in [0, 0.1) is 0 Å². The lowest BCUT2D eigenvalue weighted by molar-refractivity contribution is -0.137. The van der Waals surface area contributed by atoms with Crippen molar-refractivity contribution in [3.05, 3.63) is 38.0 Å². The summed E-state index contributed by atoms with van der Waals surface area (Å²) in [4.78, 5) is 9.60. The van der Waals surface area contributed by atoms with Crippen LogP contribution in [0.5, 0.6) is 0 Å². The van der Waals surface area contributed by atoms with Gasteiger partial charge < -0.3 is 9.84 Å². The molecule has 0 aliphatic carbocycles. The minimum Gasteiger partial charge on any atom is -0.481 e. The Morgan fingerprint density at radius 2 is 1.57 bits per heavy atom. The van der Waals surface area contributed by atoms with Gasteiger partial charge in [0.05, 0.1) is 12.2 Å². The van der Waals surface area contributed by atoms with Gasteiger partial charge in [0.1, 0.15) is 0 Å². The van der Waals surface area contributed by atoms with Gasteiger partial charge in [-0.1, -0.05) is 51.3 Å². The first-order chi connectivity index (χ1) is 11.0. The Bertz CT molecular complexity index is 279. The Labute approximate surface area is 144 Å². The van der Waals surface area contributed by atoms with E-state index in [0.717, 1.165) is 12.8 Å². The summed E-state index contributed by atoms with van der Waals surface area (Å²) in [6.45, 7) is 18.3. The molecule has 23 heavy (non-hydrogen) atoms. The number of rotatable bonds is 8. The lowest BCUT2D eigenvalue weighted by Crippen LogP contribution is -1.91. The van der Waals surface area contributed by atoms with E-state index in [-0.39, 0.29) is 0 Å². The van der Waals surface area contributed by atoms with E-state index >= 15 is 0 Å². The lowest BCUT2D eigenvalue weighted by atomic mass is 10.1. The second kappa shape index (κ2) is 22.9. The van der Waals surface area contributed by atoms with Crippen molar-refractivity contribution >= 4 is 5.97 Å². The summed E-state index contributed by atoms with van der Waals surface area (Å²) in [5.41, 5.74) is 0. The quantitative estimate of drug-likeness (QED) is 0.330. The Morgan fingerprint density at radius 1 is 1.04 bits per heavy atom. The predicted octanol–water partition coefficient (Wildman–Crippen LogP) is 6.17. The Kier molecular flexibility index (Phi) is 26.5. The normalized spacial score (nSPS) is 16.9. The van der Waals surface area contributed by atoms with Gasteiger partial charge in [-0.2, -0.15) is 0 Å². The maximum absolute atomic E-state index is 9.60. The first-order valence-corrected chi connectivity index (χ1v) is 8.60. The highest BCUT2D eigenvalue weighted by Gasteiger charge is 2.36. The van der Waals surface area contributed by atoms with Crippen LogP contribution in [-0.2, 0) is 9.53 Å². The van der Waals surface area contributed by atoms with Crippen molar-refractivity contribution in [2.24, 2.45) is 0 Å². The number of epoxide rings is 1. The van der Waals surface area contributed by atoms with Crippen LogP contribution < -0.4 is 0 Å². The first kappa shape index (κ1) is 26.5. The Balaban J connectivity index is -0.000000282. The van der Waals surface area contributed by atoms with Crippen LogP contribution in [0.1, 0.15) is 72.6 Å². The van der Waals surface area contributed by atoms with Gasteiger partial charge in [0.2, 0.25) is 0 Å². The van der Waals surface area contributed by atoms with E-state index < -0.39 is 5.97 Å². The zero-order valence-electron chi connectivity index (χ0n) is 15.7. The van der Waals surface area contributed by atoms with Crippen molar-refractivity contribution < 1.29 is 14.6 Å². The molecule has 3 nitrogen and oxygen atoms in total. The molecule has 0 spiro atoms. The summed E-state index contributed by atoms with van der Waals surface area (Å²) < 4.78 is 5.43. The van der Waals surface area contributed by atoms with Gasteiger partial charge >= 0.3 is 5.97 Å². The number of hydrogen-bond donors (Lipinski definition) is 1. The highest BCUT2D eigenvalue weighted by molar-refractivity contribution is 5.66. The molecule has 2 atom stereocenters. The van der Waals surface area contributed by atoms with E-state index in [1.807, 2.05) is 26.8 Å². The molecule has 0 unspecified atom stereocenters. The smallest absolute Gasteiger partial charge is 0.303 e. The summed E-state index contributed by atoms with van der Waals surface area (Å²) >= 11 is 0. The van der Waals surface area contributed by atoms with Gasteiger partial charge in [-0.3, -0.25) is 4.79 Å². The molecule has 3 heteroatoms. The molecular formula is C20H38O3. The SMILES string of the molecule is C=CC.C=CC.C=CC[C@@H]1O[C@@H]1CCCCC.CCCC(=O)O. The van der Waals surface area contributed by atoms with Crippen LogP contribution in [0.25, 0.3) is 0 Å². The van der Waals surface area contributed by atoms with Crippen molar-refractivity contribution in [1.29, 1.82) is 0 Å². The molecule has 1 saturated heterocycles. The molecule has 0 bridgehead atoms. The molecule has 0 radical (unpaired) electrons. The average Bonchev–Trinajstić information content (AvgIpc) is 3.20. The topological polar surface area (TPSA) is 49.8 Å². The average molecular weight is 327 g/mol. The molecule has 0 aromatic rings. The molecular weight excluding hydrogens is 288 g/mol. The largest absolute Gasteiger partial charge is 0.481 e. The fourth-order valence-corrected chi connectivity index (χ4v) is 1.61. The highest BCUT2D eigenvalue weighted by Crippen LogP contribution is 2.29. The van der Waals surface area contributed by atoms with Gasteiger partial charge in [-0.15, -0.1) is 19.7 Å². The van der Waals surface area contributed by atoms with Crippen LogP contribution in [-0.4, -0.2) is 23.3 Å². The van der Waals surface area contributed by atoms with Crippen LogP contribution in [0.2, 0.25) is 0 Å². The third kappa shape index (κ3) is 29.3. The highest BCUT2D eigenvalue weighted by atomic mass is 16.6. The zero-order valence-corrected chi connectivity index (χ0v) is 15.7. The van der Waals surface area contributed by atoms with Crippen molar-refractivity contribution in [2.75, 3.05) is 0 Å². The predicted molar refractivity (Wildman–Crippen MR) is 102 cm³/mol. The van der Waals surface area contributed by atoms with E-state index in [2.05, 4.69) is 26.7 Å². The van der Waals surface area contributed by atoms with E-state index in [9.17, 15) is 4.79 Å². The van der Waals surface area contributed by atoms with Gasteiger partial charge in [-0.05, 0) is 33.1 Å². The molecule has 0 aromatic heterocycles. The molecule has 1 aliphatic heterocycles. The van der Waals surface area contributed by atoms with Crippen molar-refractivity contribution in [3.63, 3.8) is 0 Å². The lowest BCUT2D eigenvalue weighted by Gasteiger charge is -1.92. The minimum absolute atomic E-state index is 0.292. The van der Waals surface area contributed by atoms with E-state index in [1.165, 1.54) is 25.7 Å². The van der Waals surface area contributed by atoms with Crippen LogP contribution in [0.15, 0.2) is 38.0 Å². The molecule has 0 aromatic carbocycles. The molecule has 0 saturated carbocycles. The number of allylic oxidation sites excluding steroid dienone is 2. The maximum Gasteiger partial charge on any atom is 0.303 e. The van der Waals surface area contributed by atoms with Gasteiger partial charge in [-0.25, -0.2) is 0 Å². The molecule has 136 valence electrons.